The van der Waals surface area contributed by atoms with Gasteiger partial charge in [-0.3, -0.25) is 4.79 Å². The Labute approximate surface area is 170 Å². The van der Waals surface area contributed by atoms with Gasteiger partial charge < -0.3 is 14.7 Å². The molecule has 0 bridgehead atoms. The third-order valence-corrected chi connectivity index (χ3v) is 6.32. The lowest BCUT2D eigenvalue weighted by atomic mass is 9.87. The molecule has 1 saturated heterocycles. The van der Waals surface area contributed by atoms with Gasteiger partial charge in [-0.25, -0.2) is 8.78 Å². The molecule has 154 valence electrons. The van der Waals surface area contributed by atoms with E-state index in [0.717, 1.165) is 50.1 Å². The molecular weight excluding hydrogens is 372 g/mol. The summed E-state index contributed by atoms with van der Waals surface area (Å²) >= 11 is 0. The zero-order chi connectivity index (χ0) is 20.4. The topological polar surface area (TPSA) is 29.2 Å². The zero-order valence-corrected chi connectivity index (χ0v) is 16.9. The maximum Gasteiger partial charge on any atom is 0.282 e. The van der Waals surface area contributed by atoms with Gasteiger partial charge in [-0.1, -0.05) is 18.2 Å². The fourth-order valence-electron chi connectivity index (χ4n) is 4.59. The van der Waals surface area contributed by atoms with Gasteiger partial charge in [0.15, 0.2) is 6.54 Å². The fraction of sp³-hybridized carbons (Fsp3) is 0.435. The maximum atomic E-state index is 14.2. The van der Waals surface area contributed by atoms with Crippen molar-refractivity contribution in [2.75, 3.05) is 51.2 Å². The molecule has 2 aliphatic heterocycles. The van der Waals surface area contributed by atoms with E-state index >= 15 is 0 Å². The molecule has 0 radical (unpaired) electrons. The Kier molecular flexibility index (Phi) is 5.92. The number of likely N-dealkylation sites (N-methyl/N-ethyl adjacent to an activating group) is 1. The predicted molar refractivity (Wildman–Crippen MR) is 108 cm³/mol. The molecule has 0 unspecified atom stereocenters. The number of benzene rings is 2. The van der Waals surface area contributed by atoms with E-state index in [4.69, 9.17) is 0 Å². The average molecular weight is 402 g/mol. The van der Waals surface area contributed by atoms with Gasteiger partial charge in [0, 0.05) is 12.5 Å². The molecule has 2 heterocycles. The highest BCUT2D eigenvalue weighted by atomic mass is 19.1. The summed E-state index contributed by atoms with van der Waals surface area (Å²) in [5.41, 5.74) is 2.61. The highest BCUT2D eigenvalue weighted by molar-refractivity contribution is 5.95. The summed E-state index contributed by atoms with van der Waals surface area (Å²) in [7, 11) is 2.18. The van der Waals surface area contributed by atoms with Crippen molar-refractivity contribution in [2.45, 2.75) is 18.8 Å². The van der Waals surface area contributed by atoms with Crippen LogP contribution in [0.1, 0.15) is 29.9 Å². The second-order valence-corrected chi connectivity index (χ2v) is 8.38. The van der Waals surface area contributed by atoms with Crippen LogP contribution in [0.25, 0.3) is 0 Å². The zero-order valence-electron chi connectivity index (χ0n) is 16.9. The van der Waals surface area contributed by atoms with Gasteiger partial charge in [-0.15, -0.1) is 0 Å². The van der Waals surface area contributed by atoms with Crippen LogP contribution in [0.3, 0.4) is 0 Å². The first-order chi connectivity index (χ1) is 14.0. The lowest BCUT2D eigenvalue weighted by Crippen LogP contribution is -3.27. The maximum absolute atomic E-state index is 14.2. The summed E-state index contributed by atoms with van der Waals surface area (Å²) in [6.45, 7) is 5.15. The van der Waals surface area contributed by atoms with Crippen molar-refractivity contribution >= 4 is 11.6 Å². The summed E-state index contributed by atoms with van der Waals surface area (Å²) in [5, 5.41) is 0. The molecule has 0 saturated carbocycles. The van der Waals surface area contributed by atoms with Crippen LogP contribution in [0.5, 0.6) is 0 Å². The van der Waals surface area contributed by atoms with Crippen LogP contribution in [0.4, 0.5) is 14.5 Å². The number of nitrogens with zero attached hydrogens (tertiary/aromatic N) is 1. The molecule has 1 fully saturated rings. The molecule has 1 amide bonds. The van der Waals surface area contributed by atoms with Crippen molar-refractivity contribution in [3.05, 3.63) is 65.2 Å². The third-order valence-electron chi connectivity index (χ3n) is 6.32. The monoisotopic (exact) mass is 401 g/mol. The van der Waals surface area contributed by atoms with Gasteiger partial charge in [0.2, 0.25) is 0 Å². The number of hydrogen-bond acceptors (Lipinski definition) is 1. The summed E-state index contributed by atoms with van der Waals surface area (Å²) in [6, 6.07) is 11.2. The normalized spacial score (nSPS) is 24.7. The molecule has 2 aromatic carbocycles. The lowest BCUT2D eigenvalue weighted by molar-refractivity contribution is -1.000. The van der Waals surface area contributed by atoms with Crippen LogP contribution in [-0.4, -0.2) is 52.2 Å². The van der Waals surface area contributed by atoms with Crippen LogP contribution in [0.15, 0.2) is 42.5 Å². The molecule has 29 heavy (non-hydrogen) atoms. The number of hydrogen-bond donors (Lipinski definition) is 2. The first kappa shape index (κ1) is 20.0. The SMILES string of the molecule is C[NH+]1CC[NH+](CC(=O)N2CCC[C@@H](c3ccc(F)cc3)c3ccc(F)cc32)CC1. The lowest BCUT2D eigenvalue weighted by Gasteiger charge is -2.29. The van der Waals surface area contributed by atoms with Crippen molar-refractivity contribution in [3.63, 3.8) is 0 Å². The largest absolute Gasteiger partial charge is 0.328 e. The number of anilines is 1. The Balaban J connectivity index is 1.61. The van der Waals surface area contributed by atoms with E-state index in [-0.39, 0.29) is 23.5 Å². The molecule has 2 aromatic rings. The summed E-state index contributed by atoms with van der Waals surface area (Å²) < 4.78 is 27.5. The molecule has 1 atom stereocenters. The third kappa shape index (κ3) is 4.49. The van der Waals surface area contributed by atoms with Crippen molar-refractivity contribution in [3.8, 4) is 0 Å². The summed E-state index contributed by atoms with van der Waals surface area (Å²) in [6.07, 6.45) is 1.67. The molecule has 6 heteroatoms. The van der Waals surface area contributed by atoms with E-state index < -0.39 is 0 Å². The number of piperazine rings is 1. The molecule has 0 aromatic heterocycles. The number of halogens is 2. The highest BCUT2D eigenvalue weighted by Gasteiger charge is 2.31. The van der Waals surface area contributed by atoms with Crippen LogP contribution in [0.2, 0.25) is 0 Å². The van der Waals surface area contributed by atoms with Crippen LogP contribution in [0, 0.1) is 11.6 Å². The molecule has 0 aliphatic carbocycles. The number of fused-ring (bicyclic) bond motifs is 1. The van der Waals surface area contributed by atoms with Gasteiger partial charge >= 0.3 is 0 Å². The smallest absolute Gasteiger partial charge is 0.282 e. The predicted octanol–water partition coefficient (Wildman–Crippen LogP) is 0.637. The molecule has 4 nitrogen and oxygen atoms in total. The Morgan fingerprint density at radius 1 is 1.03 bits per heavy atom. The van der Waals surface area contributed by atoms with Crippen molar-refractivity contribution in [2.24, 2.45) is 0 Å². The number of quaternary nitrogens is 2. The van der Waals surface area contributed by atoms with Crippen LogP contribution < -0.4 is 14.7 Å². The van der Waals surface area contributed by atoms with E-state index in [1.807, 2.05) is 0 Å². The first-order valence-corrected chi connectivity index (χ1v) is 10.5. The van der Waals surface area contributed by atoms with Gasteiger partial charge in [-0.2, -0.15) is 0 Å². The average Bonchev–Trinajstić information content (AvgIpc) is 2.90. The summed E-state index contributed by atoms with van der Waals surface area (Å²) in [4.78, 5) is 17.8. The molecule has 4 rings (SSSR count). The molecule has 2 aliphatic rings. The Hall–Kier alpha value is -2.31. The van der Waals surface area contributed by atoms with Crippen molar-refractivity contribution in [1.29, 1.82) is 0 Å². The van der Waals surface area contributed by atoms with Crippen molar-refractivity contribution in [1.82, 2.24) is 0 Å². The van der Waals surface area contributed by atoms with E-state index in [1.54, 1.807) is 23.1 Å². The Morgan fingerprint density at radius 2 is 1.72 bits per heavy atom. The number of nitrogens with one attached hydrogen (secondary N) is 2. The van der Waals surface area contributed by atoms with E-state index in [1.165, 1.54) is 34.1 Å². The quantitative estimate of drug-likeness (QED) is 0.777. The van der Waals surface area contributed by atoms with Crippen LogP contribution in [-0.2, 0) is 4.79 Å². The Bertz CT molecular complexity index is 863. The number of amides is 1. The minimum atomic E-state index is -0.336. The molecule has 2 N–H and O–H groups in total. The van der Waals surface area contributed by atoms with Crippen LogP contribution >= 0.6 is 0 Å². The van der Waals surface area contributed by atoms with Gasteiger partial charge in [0.1, 0.15) is 37.8 Å². The van der Waals surface area contributed by atoms with Gasteiger partial charge in [-0.05, 0) is 48.2 Å². The molecule has 0 spiro atoms. The summed E-state index contributed by atoms with van der Waals surface area (Å²) in [5.74, 6) is -0.512. The fourth-order valence-corrected chi connectivity index (χ4v) is 4.59. The standard InChI is InChI=1S/C23H27F2N3O/c1-26-11-13-27(14-12-26)16-23(29)28-10-2-3-20(17-4-6-18(24)7-5-17)21-9-8-19(25)15-22(21)28/h4-9,15,20H,2-3,10-14,16H2,1H3/p+2/t20-/m0/s1. The van der Waals surface area contributed by atoms with E-state index in [9.17, 15) is 13.6 Å². The van der Waals surface area contributed by atoms with E-state index in [0.29, 0.717) is 18.8 Å². The minimum absolute atomic E-state index is 0.0311. The van der Waals surface area contributed by atoms with E-state index in [2.05, 4.69) is 7.05 Å². The molecular formula is C23H29F2N3O+2. The number of carbonyl (C=O) groups excluding carboxylic acids is 1. The number of rotatable bonds is 3. The second-order valence-electron chi connectivity index (χ2n) is 8.38. The van der Waals surface area contributed by atoms with Gasteiger partial charge in [0.25, 0.3) is 5.91 Å². The van der Waals surface area contributed by atoms with Crippen molar-refractivity contribution < 1.29 is 23.4 Å². The highest BCUT2D eigenvalue weighted by Crippen LogP contribution is 2.39. The second kappa shape index (κ2) is 8.59. The first-order valence-electron chi connectivity index (χ1n) is 10.5. The minimum Gasteiger partial charge on any atom is -0.328 e. The Morgan fingerprint density at radius 3 is 2.45 bits per heavy atom. The number of carbonyl (C=O) groups is 1. The van der Waals surface area contributed by atoms with Gasteiger partial charge in [0.05, 0.1) is 12.7 Å².